The van der Waals surface area contributed by atoms with E-state index in [0.717, 1.165) is 24.5 Å². The number of sulfonamides is 1. The molecular formula is C9H9N5O5S. The lowest BCUT2D eigenvalue weighted by molar-refractivity contribution is -0.384. The molecule has 1 heterocycles. The molecule has 0 aliphatic heterocycles. The highest BCUT2D eigenvalue weighted by Gasteiger charge is 2.20. The maximum Gasteiger partial charge on any atom is 0.293 e. The molecule has 1 aromatic heterocycles. The van der Waals surface area contributed by atoms with Crippen LogP contribution in [0.1, 0.15) is 0 Å². The zero-order chi connectivity index (χ0) is 14.8. The number of hydrazine groups is 1. The lowest BCUT2D eigenvalue weighted by Crippen LogP contribution is -2.14. The molecule has 11 heteroatoms. The molecule has 0 bridgehead atoms. The molecule has 0 atom stereocenters. The Morgan fingerprint density at radius 1 is 1.40 bits per heavy atom. The van der Waals surface area contributed by atoms with Crippen LogP contribution < -0.4 is 16.0 Å². The van der Waals surface area contributed by atoms with E-state index in [1.807, 2.05) is 0 Å². The minimum absolute atomic E-state index is 0.122. The summed E-state index contributed by atoms with van der Waals surface area (Å²) >= 11 is 0. The molecule has 2 rings (SSSR count). The van der Waals surface area contributed by atoms with Crippen molar-refractivity contribution in [2.45, 2.75) is 4.90 Å². The van der Waals surface area contributed by atoms with Gasteiger partial charge in [-0.05, 0) is 12.1 Å². The number of nitro benzene ring substituents is 1. The highest BCUT2D eigenvalue weighted by atomic mass is 32.2. The summed E-state index contributed by atoms with van der Waals surface area (Å²) in [7, 11) is -3.93. The molecule has 4 N–H and O–H groups in total. The molecule has 2 aromatic rings. The van der Waals surface area contributed by atoms with Gasteiger partial charge in [-0.3, -0.25) is 20.7 Å². The van der Waals surface area contributed by atoms with E-state index < -0.39 is 14.9 Å². The molecule has 0 spiro atoms. The number of aromatic nitrogens is 1. The van der Waals surface area contributed by atoms with Crippen LogP contribution in [0.4, 0.5) is 17.1 Å². The van der Waals surface area contributed by atoms with Crippen molar-refractivity contribution in [1.29, 1.82) is 0 Å². The first kappa shape index (κ1) is 13.8. The van der Waals surface area contributed by atoms with Crippen molar-refractivity contribution >= 4 is 27.1 Å². The molecular weight excluding hydrogens is 290 g/mol. The van der Waals surface area contributed by atoms with E-state index in [-0.39, 0.29) is 22.0 Å². The minimum atomic E-state index is -3.93. The van der Waals surface area contributed by atoms with Gasteiger partial charge >= 0.3 is 0 Å². The van der Waals surface area contributed by atoms with Crippen LogP contribution in [0.5, 0.6) is 0 Å². The average molecular weight is 299 g/mol. The zero-order valence-electron chi connectivity index (χ0n) is 9.81. The quantitative estimate of drug-likeness (QED) is 0.413. The number of rotatable bonds is 5. The third-order valence-corrected chi connectivity index (χ3v) is 3.69. The lowest BCUT2D eigenvalue weighted by atomic mass is 10.3. The van der Waals surface area contributed by atoms with Crippen molar-refractivity contribution in [3.05, 3.63) is 40.8 Å². The monoisotopic (exact) mass is 299 g/mol. The summed E-state index contributed by atoms with van der Waals surface area (Å²) in [6.45, 7) is 0. The van der Waals surface area contributed by atoms with E-state index in [4.69, 9.17) is 5.84 Å². The van der Waals surface area contributed by atoms with Crippen LogP contribution >= 0.6 is 0 Å². The summed E-state index contributed by atoms with van der Waals surface area (Å²) in [5.74, 6) is 5.14. The molecule has 0 saturated heterocycles. The Balaban J connectivity index is 2.40. The van der Waals surface area contributed by atoms with E-state index in [1.165, 1.54) is 6.20 Å². The third-order valence-electron chi connectivity index (χ3n) is 2.32. The first-order valence-corrected chi connectivity index (χ1v) is 6.59. The van der Waals surface area contributed by atoms with Crippen LogP contribution in [0.2, 0.25) is 0 Å². The molecule has 0 amide bonds. The fraction of sp³-hybridized carbons (Fsp3) is 0. The van der Waals surface area contributed by atoms with Gasteiger partial charge in [0.1, 0.15) is 17.6 Å². The summed E-state index contributed by atoms with van der Waals surface area (Å²) in [6, 6.07) is 3.18. The predicted molar refractivity (Wildman–Crippen MR) is 68.2 cm³/mol. The van der Waals surface area contributed by atoms with Crippen LogP contribution in [0.3, 0.4) is 0 Å². The van der Waals surface area contributed by atoms with Gasteiger partial charge < -0.3 is 9.95 Å². The average Bonchev–Trinajstić information content (AvgIpc) is 2.89. The number of anilines is 2. The van der Waals surface area contributed by atoms with E-state index in [0.29, 0.717) is 0 Å². The smallest absolute Gasteiger partial charge is 0.293 e. The van der Waals surface area contributed by atoms with E-state index in [1.54, 1.807) is 0 Å². The number of nitrogens with one attached hydrogen (secondary N) is 2. The largest absolute Gasteiger partial charge is 0.362 e. The fourth-order valence-corrected chi connectivity index (χ4v) is 2.48. The number of benzene rings is 1. The number of hydrogen-bond donors (Lipinski definition) is 3. The van der Waals surface area contributed by atoms with Crippen LogP contribution in [-0.4, -0.2) is 18.5 Å². The number of nitrogens with two attached hydrogens (primary N) is 1. The molecule has 0 aliphatic carbocycles. The predicted octanol–water partition coefficient (Wildman–Crippen LogP) is 0.669. The number of nitro groups is 1. The van der Waals surface area contributed by atoms with E-state index >= 15 is 0 Å². The SMILES string of the molecule is NNc1cc(S(=O)(=O)Nc2cnoc2)ccc1[N+](=O)[O-]. The number of nitrogens with zero attached hydrogens (tertiary/aromatic N) is 2. The summed E-state index contributed by atoms with van der Waals surface area (Å²) in [5.41, 5.74) is 1.76. The summed E-state index contributed by atoms with van der Waals surface area (Å²) in [4.78, 5) is 9.84. The van der Waals surface area contributed by atoms with Gasteiger partial charge in [0, 0.05) is 6.07 Å². The molecule has 0 aliphatic rings. The van der Waals surface area contributed by atoms with Gasteiger partial charge in [-0.2, -0.15) is 0 Å². The third kappa shape index (κ3) is 2.67. The molecule has 1 aromatic carbocycles. The van der Waals surface area contributed by atoms with Gasteiger partial charge in [-0.15, -0.1) is 0 Å². The second kappa shape index (κ2) is 5.14. The topological polar surface area (TPSA) is 153 Å². The molecule has 0 unspecified atom stereocenters. The molecule has 0 radical (unpaired) electrons. The first-order chi connectivity index (χ1) is 9.44. The maximum atomic E-state index is 12.0. The van der Waals surface area contributed by atoms with Crippen molar-refractivity contribution in [2.24, 2.45) is 5.84 Å². The van der Waals surface area contributed by atoms with Crippen molar-refractivity contribution in [1.82, 2.24) is 5.16 Å². The molecule has 106 valence electrons. The van der Waals surface area contributed by atoms with Crippen LogP contribution in [-0.2, 0) is 10.0 Å². The molecule has 20 heavy (non-hydrogen) atoms. The van der Waals surface area contributed by atoms with Crippen molar-refractivity contribution in [3.8, 4) is 0 Å². The normalized spacial score (nSPS) is 11.1. The Bertz CT molecular complexity index is 727. The van der Waals surface area contributed by atoms with Gasteiger partial charge in [-0.25, -0.2) is 8.42 Å². The van der Waals surface area contributed by atoms with E-state index in [2.05, 4.69) is 19.8 Å². The highest BCUT2D eigenvalue weighted by molar-refractivity contribution is 7.92. The molecule has 10 nitrogen and oxygen atoms in total. The Morgan fingerprint density at radius 3 is 2.70 bits per heavy atom. The van der Waals surface area contributed by atoms with Gasteiger partial charge in [0.25, 0.3) is 15.7 Å². The van der Waals surface area contributed by atoms with Crippen molar-refractivity contribution in [2.75, 3.05) is 10.1 Å². The Hall–Kier alpha value is -2.66. The Labute approximate surface area is 112 Å². The lowest BCUT2D eigenvalue weighted by Gasteiger charge is -2.07. The Morgan fingerprint density at radius 2 is 2.15 bits per heavy atom. The van der Waals surface area contributed by atoms with Gasteiger partial charge in [-0.1, -0.05) is 5.16 Å². The summed E-state index contributed by atoms with van der Waals surface area (Å²) in [6.07, 6.45) is 2.27. The van der Waals surface area contributed by atoms with E-state index in [9.17, 15) is 18.5 Å². The van der Waals surface area contributed by atoms with Crippen molar-refractivity contribution < 1.29 is 17.9 Å². The second-order valence-corrected chi connectivity index (χ2v) is 5.28. The minimum Gasteiger partial charge on any atom is -0.362 e. The Kier molecular flexibility index (Phi) is 3.54. The van der Waals surface area contributed by atoms with Gasteiger partial charge in [0.05, 0.1) is 16.0 Å². The summed E-state index contributed by atoms with van der Waals surface area (Å²) in [5, 5.41) is 14.1. The fourth-order valence-electron chi connectivity index (χ4n) is 1.43. The zero-order valence-corrected chi connectivity index (χ0v) is 10.6. The van der Waals surface area contributed by atoms with Gasteiger partial charge in [0.15, 0.2) is 0 Å². The molecule has 0 saturated carbocycles. The summed E-state index contributed by atoms with van der Waals surface area (Å²) < 4.78 is 30.7. The number of hydrogen-bond acceptors (Lipinski definition) is 8. The number of nitrogen functional groups attached to an aromatic ring is 1. The van der Waals surface area contributed by atoms with Crippen LogP contribution in [0.15, 0.2) is 40.1 Å². The maximum absolute atomic E-state index is 12.0. The first-order valence-electron chi connectivity index (χ1n) is 5.11. The molecule has 0 fully saturated rings. The second-order valence-electron chi connectivity index (χ2n) is 3.60. The highest BCUT2D eigenvalue weighted by Crippen LogP contribution is 2.27. The van der Waals surface area contributed by atoms with Crippen LogP contribution in [0, 0.1) is 10.1 Å². The van der Waals surface area contributed by atoms with Crippen molar-refractivity contribution in [3.63, 3.8) is 0 Å². The van der Waals surface area contributed by atoms with Gasteiger partial charge in [0.2, 0.25) is 0 Å². The standard InChI is InChI=1S/C9H9N5O5S/c10-12-8-3-7(1-2-9(8)14(15)16)20(17,18)13-6-4-11-19-5-6/h1-5,12-13H,10H2. The van der Waals surface area contributed by atoms with Crippen LogP contribution in [0.25, 0.3) is 0 Å².